The summed E-state index contributed by atoms with van der Waals surface area (Å²) >= 11 is 0. The molecule has 0 amide bonds. The van der Waals surface area contributed by atoms with E-state index in [-0.39, 0.29) is 25.7 Å². The number of fused-ring (bicyclic) bond motifs is 3. The molecular formula is C52H49F3IrN2OSi-2. The molecular weight excluding hydrogens is 946 g/mol. The van der Waals surface area contributed by atoms with E-state index in [4.69, 9.17) is 7.16 Å². The summed E-state index contributed by atoms with van der Waals surface area (Å²) < 4.78 is 63.7. The number of pyridine rings is 2. The Morgan fingerprint density at radius 1 is 0.700 bits per heavy atom. The molecule has 0 unspecified atom stereocenters. The van der Waals surface area contributed by atoms with E-state index in [1.165, 1.54) is 39.1 Å². The fraction of sp³-hybridized carbons (Fsp3) is 0.231. The molecule has 1 radical (unpaired) electrons. The molecule has 0 N–H and O–H groups in total. The Hall–Kier alpha value is -5.14. The maximum Gasteiger partial charge on any atom is 0.382 e. The van der Waals surface area contributed by atoms with Crippen LogP contribution in [0.3, 0.4) is 0 Å². The minimum Gasteiger partial charge on any atom is -0.500 e. The molecule has 0 aliphatic heterocycles. The minimum atomic E-state index is -4.44. The zero-order valence-electron chi connectivity index (χ0n) is 37.3. The quantitative estimate of drug-likeness (QED) is 0.123. The summed E-state index contributed by atoms with van der Waals surface area (Å²) in [5.41, 5.74) is 10.6. The number of hydrogen-bond donors (Lipinski definition) is 0. The summed E-state index contributed by atoms with van der Waals surface area (Å²) in [5, 5.41) is 3.26. The zero-order chi connectivity index (χ0) is 44.1. The van der Waals surface area contributed by atoms with Gasteiger partial charge in [-0.3, -0.25) is 0 Å². The number of aryl methyl sites for hydroxylation is 3. The van der Waals surface area contributed by atoms with Gasteiger partial charge in [0.25, 0.3) is 0 Å². The number of rotatable bonds is 6. The van der Waals surface area contributed by atoms with Gasteiger partial charge < -0.3 is 14.4 Å². The van der Waals surface area contributed by atoms with E-state index in [0.717, 1.165) is 33.6 Å². The number of furan rings is 1. The van der Waals surface area contributed by atoms with Crippen LogP contribution in [-0.4, -0.2) is 18.0 Å². The summed E-state index contributed by atoms with van der Waals surface area (Å²) in [6.45, 7) is 18.9. The topological polar surface area (TPSA) is 38.9 Å². The van der Waals surface area contributed by atoms with Crippen molar-refractivity contribution < 1.29 is 40.4 Å². The Bertz CT molecular complexity index is 2860. The van der Waals surface area contributed by atoms with Gasteiger partial charge in [0.1, 0.15) is 5.58 Å². The van der Waals surface area contributed by atoms with E-state index in [0.29, 0.717) is 28.1 Å². The molecule has 0 aliphatic rings. The van der Waals surface area contributed by atoms with Crippen LogP contribution in [0.25, 0.3) is 66.7 Å². The largest absolute Gasteiger partial charge is 0.500 e. The molecule has 0 spiro atoms. The van der Waals surface area contributed by atoms with Crippen LogP contribution in [0, 0.1) is 38.3 Å². The Kier molecular flexibility index (Phi) is 12.1. The van der Waals surface area contributed by atoms with Gasteiger partial charge in [-0.05, 0) is 101 Å². The first-order chi connectivity index (χ1) is 28.6. The number of benzene rings is 5. The third kappa shape index (κ3) is 10.1. The van der Waals surface area contributed by atoms with Crippen LogP contribution in [0.5, 0.6) is 0 Å². The maximum atomic E-state index is 13.4. The van der Waals surface area contributed by atoms with Crippen LogP contribution in [0.2, 0.25) is 19.6 Å². The number of hydrogen-bond acceptors (Lipinski definition) is 3. The van der Waals surface area contributed by atoms with Gasteiger partial charge >= 0.3 is 6.18 Å². The zero-order valence-corrected chi connectivity index (χ0v) is 38.7. The molecule has 0 saturated carbocycles. The van der Waals surface area contributed by atoms with E-state index in [1.807, 2.05) is 57.3 Å². The van der Waals surface area contributed by atoms with Crippen LogP contribution in [-0.2, 0) is 32.7 Å². The van der Waals surface area contributed by atoms with Gasteiger partial charge in [0, 0.05) is 40.6 Å². The molecule has 0 atom stereocenters. The summed E-state index contributed by atoms with van der Waals surface area (Å²) in [5.74, 6) is 0. The normalized spacial score (nSPS) is 12.7. The van der Waals surface area contributed by atoms with Crippen molar-refractivity contribution in [1.29, 1.82) is 0 Å². The van der Waals surface area contributed by atoms with E-state index >= 15 is 0 Å². The van der Waals surface area contributed by atoms with Crippen LogP contribution >= 0.6 is 0 Å². The molecule has 5 aromatic carbocycles. The Morgan fingerprint density at radius 2 is 1.37 bits per heavy atom. The molecule has 3 nitrogen and oxygen atoms in total. The Balaban J connectivity index is 0.000000213. The van der Waals surface area contributed by atoms with E-state index in [1.54, 1.807) is 42.6 Å². The second-order valence-electron chi connectivity index (χ2n) is 17.2. The molecule has 60 heavy (non-hydrogen) atoms. The summed E-state index contributed by atoms with van der Waals surface area (Å²) in [6, 6.07) is 39.4. The average Bonchev–Trinajstić information content (AvgIpc) is 3.57. The number of aromatic nitrogens is 2. The third-order valence-electron chi connectivity index (χ3n) is 10.2. The first-order valence-electron chi connectivity index (χ1n) is 20.7. The van der Waals surface area contributed by atoms with Crippen molar-refractivity contribution in [2.75, 3.05) is 0 Å². The predicted molar refractivity (Wildman–Crippen MR) is 241 cm³/mol. The summed E-state index contributed by atoms with van der Waals surface area (Å²) in [7, 11) is -1.48. The van der Waals surface area contributed by atoms with E-state index < -0.39 is 31.6 Å². The third-order valence-corrected chi connectivity index (χ3v) is 12.2. The number of alkyl halides is 3. The van der Waals surface area contributed by atoms with Crippen LogP contribution in [0.15, 0.2) is 126 Å². The van der Waals surface area contributed by atoms with Crippen molar-refractivity contribution >= 4 is 35.2 Å². The van der Waals surface area contributed by atoms with Crippen molar-refractivity contribution in [3.05, 3.63) is 162 Å². The fourth-order valence-corrected chi connectivity index (χ4v) is 8.51. The monoisotopic (exact) mass is 997 g/mol. The van der Waals surface area contributed by atoms with Crippen LogP contribution in [0.4, 0.5) is 13.2 Å². The molecule has 0 fully saturated rings. The van der Waals surface area contributed by atoms with E-state index in [2.05, 4.69) is 92.8 Å². The second kappa shape index (κ2) is 17.5. The van der Waals surface area contributed by atoms with Crippen molar-refractivity contribution in [2.24, 2.45) is 5.41 Å². The number of nitrogens with zero attached hydrogens (tertiary/aromatic N) is 2. The first kappa shape index (κ1) is 41.6. The summed E-state index contributed by atoms with van der Waals surface area (Å²) in [6.07, 6.45) is -2.42. The van der Waals surface area contributed by atoms with Gasteiger partial charge in [-0.2, -0.15) is 13.2 Å². The van der Waals surface area contributed by atoms with Gasteiger partial charge in [-0.15, -0.1) is 47.5 Å². The molecule has 8 heteroatoms. The fourth-order valence-electron chi connectivity index (χ4n) is 7.48. The predicted octanol–water partition coefficient (Wildman–Crippen LogP) is 14.4. The van der Waals surface area contributed by atoms with Crippen LogP contribution in [0.1, 0.15) is 51.3 Å². The standard InChI is InChI=1S/C31H30NO.C21H19F3NSi.Ir/c1-19-13-20(2)30(21(3)14-19)24-8-10-29-26(17-24)25-16-23(7-9-28(25)33-29)27-15-22(11-12-32-27)18-31(4,5)6;1-26(2,3)17-10-12-20(25-14-17)16-9-11-19(21(22,23)24)18(13-16)15-7-5-4-6-8-15;/h8-17H,18H2,1-6H3;4-8,10-14H,1-3H3;/q2*-1;/i18D2;;. The SMILES string of the molecule is C[Si](C)(C)c1ccc(-c2[c-]cc(C(F)(F)F)c(-c3ccccc3)c2)nc1.[2H]C([2H])(c1ccnc(-c2[c-]cc3oc4ccc(-c5c(C)cc(C)cc5C)cc4c3c2)c1)C(C)(C)C.[Ir]. The molecule has 3 heterocycles. The van der Waals surface area contributed by atoms with Crippen molar-refractivity contribution in [3.63, 3.8) is 0 Å². The Morgan fingerprint density at radius 3 is 2.00 bits per heavy atom. The van der Waals surface area contributed by atoms with Gasteiger partial charge in [0.15, 0.2) is 0 Å². The molecule has 8 aromatic rings. The molecule has 8 rings (SSSR count). The van der Waals surface area contributed by atoms with Gasteiger partial charge in [-0.1, -0.05) is 129 Å². The summed E-state index contributed by atoms with van der Waals surface area (Å²) in [4.78, 5) is 9.01. The number of halogens is 3. The van der Waals surface area contributed by atoms with Crippen molar-refractivity contribution in [2.45, 2.75) is 73.7 Å². The first-order valence-corrected chi connectivity index (χ1v) is 23.2. The molecule has 0 saturated heterocycles. The smallest absolute Gasteiger partial charge is 0.382 e. The Labute approximate surface area is 369 Å². The molecule has 3 aromatic heterocycles. The minimum absolute atomic E-state index is 0. The average molecular weight is 997 g/mol. The molecule has 0 aliphatic carbocycles. The van der Waals surface area contributed by atoms with E-state index in [9.17, 15) is 13.2 Å². The molecule has 309 valence electrons. The molecule has 0 bridgehead atoms. The van der Waals surface area contributed by atoms with Crippen LogP contribution < -0.4 is 5.19 Å². The van der Waals surface area contributed by atoms with Crippen molar-refractivity contribution in [1.82, 2.24) is 9.97 Å². The van der Waals surface area contributed by atoms with Gasteiger partial charge in [0.2, 0.25) is 0 Å². The van der Waals surface area contributed by atoms with Crippen molar-refractivity contribution in [3.8, 4) is 44.8 Å². The van der Waals surface area contributed by atoms with Gasteiger partial charge in [-0.25, -0.2) is 0 Å². The maximum absolute atomic E-state index is 13.4. The van der Waals surface area contributed by atoms with Gasteiger partial charge in [0.05, 0.1) is 13.7 Å². The second-order valence-corrected chi connectivity index (χ2v) is 22.3.